The minimum Gasteiger partial charge on any atom is -0.469 e. The molecule has 0 amide bonds. The fourth-order valence-electron chi connectivity index (χ4n) is 3.30. The predicted molar refractivity (Wildman–Crippen MR) is 118 cm³/mol. The van der Waals surface area contributed by atoms with Crippen molar-refractivity contribution in [2.75, 3.05) is 30.4 Å². The van der Waals surface area contributed by atoms with Crippen molar-refractivity contribution in [3.63, 3.8) is 0 Å². The molecule has 0 aliphatic heterocycles. The van der Waals surface area contributed by atoms with E-state index in [-0.39, 0.29) is 0 Å². The summed E-state index contributed by atoms with van der Waals surface area (Å²) < 4.78 is 10.9. The molecule has 0 atom stereocenters. The summed E-state index contributed by atoms with van der Waals surface area (Å²) in [5.41, 5.74) is 4.47. The van der Waals surface area contributed by atoms with E-state index in [0.717, 1.165) is 47.8 Å². The second kappa shape index (κ2) is 8.82. The van der Waals surface area contributed by atoms with Gasteiger partial charge in [-0.2, -0.15) is 0 Å². The van der Waals surface area contributed by atoms with Gasteiger partial charge < -0.3 is 19.2 Å². The van der Waals surface area contributed by atoms with Gasteiger partial charge in [-0.25, -0.2) is 9.97 Å². The highest BCUT2D eigenvalue weighted by Gasteiger charge is 2.18. The van der Waals surface area contributed by atoms with E-state index in [4.69, 9.17) is 13.9 Å². The summed E-state index contributed by atoms with van der Waals surface area (Å²) in [4.78, 5) is 11.5. The number of aromatic nitrogens is 3. The van der Waals surface area contributed by atoms with Gasteiger partial charge in [-0.1, -0.05) is 23.4 Å². The molecule has 0 saturated carbocycles. The molecule has 3 heterocycles. The number of furan rings is 1. The molecule has 4 rings (SSSR count). The number of hydrogen-bond acceptors (Lipinski definition) is 7. The Morgan fingerprint density at radius 1 is 1.07 bits per heavy atom. The average Bonchev–Trinajstić information content (AvgIpc) is 3.39. The maximum absolute atomic E-state index is 5.49. The fourth-order valence-corrected chi connectivity index (χ4v) is 3.30. The van der Waals surface area contributed by atoms with Gasteiger partial charge in [0, 0.05) is 43.7 Å². The minimum atomic E-state index is 0.577. The van der Waals surface area contributed by atoms with Gasteiger partial charge in [0.1, 0.15) is 5.76 Å². The van der Waals surface area contributed by atoms with Gasteiger partial charge in [0.15, 0.2) is 5.76 Å². The summed E-state index contributed by atoms with van der Waals surface area (Å²) in [5.74, 6) is 2.01. The lowest BCUT2D eigenvalue weighted by Gasteiger charge is -2.19. The molecule has 4 aromatic rings. The summed E-state index contributed by atoms with van der Waals surface area (Å²) in [5, 5.41) is 7.32. The smallest absolute Gasteiger partial charge is 0.223 e. The monoisotopic (exact) mass is 403 g/mol. The molecular formula is C23H25N5O2. The Bertz CT molecular complexity index is 1100. The molecule has 0 fully saturated rings. The third-order valence-corrected chi connectivity index (χ3v) is 4.95. The van der Waals surface area contributed by atoms with Gasteiger partial charge in [0.05, 0.1) is 23.2 Å². The Hall–Kier alpha value is -3.61. The third kappa shape index (κ3) is 4.35. The van der Waals surface area contributed by atoms with Crippen LogP contribution in [0.4, 0.5) is 11.6 Å². The summed E-state index contributed by atoms with van der Waals surface area (Å²) in [7, 11) is 2.10. The molecule has 1 N–H and O–H groups in total. The standard InChI is InChI=1S/C23H25N5O2/c1-16-14-21(30-27-16)20-15-25-23(26-22(20)19-10-13-29-17(19)2)24-11-7-12-28(3)18-8-5-4-6-9-18/h4-6,8-10,13-15H,7,11-12H2,1-3H3,(H,24,25,26). The minimum absolute atomic E-state index is 0.577. The van der Waals surface area contributed by atoms with Crippen LogP contribution < -0.4 is 10.2 Å². The summed E-state index contributed by atoms with van der Waals surface area (Å²) in [6.45, 7) is 5.50. The first-order valence-corrected chi connectivity index (χ1v) is 9.97. The molecule has 0 unspecified atom stereocenters. The Kier molecular flexibility index (Phi) is 5.79. The number of anilines is 2. The van der Waals surface area contributed by atoms with E-state index in [9.17, 15) is 0 Å². The lowest BCUT2D eigenvalue weighted by atomic mass is 10.1. The van der Waals surface area contributed by atoms with E-state index in [1.165, 1.54) is 5.69 Å². The van der Waals surface area contributed by atoms with Crippen molar-refractivity contribution in [3.05, 3.63) is 66.4 Å². The lowest BCUT2D eigenvalue weighted by Crippen LogP contribution is -2.21. The normalized spacial score (nSPS) is 10.9. The van der Waals surface area contributed by atoms with E-state index in [2.05, 4.69) is 51.7 Å². The second-order valence-corrected chi connectivity index (χ2v) is 7.22. The zero-order valence-electron chi connectivity index (χ0n) is 17.4. The molecule has 0 radical (unpaired) electrons. The maximum atomic E-state index is 5.49. The molecule has 0 spiro atoms. The summed E-state index contributed by atoms with van der Waals surface area (Å²) in [6.07, 6.45) is 4.39. The van der Waals surface area contributed by atoms with Crippen LogP contribution in [-0.4, -0.2) is 35.3 Å². The van der Waals surface area contributed by atoms with E-state index in [0.29, 0.717) is 11.7 Å². The summed E-state index contributed by atoms with van der Waals surface area (Å²) in [6, 6.07) is 14.1. The van der Waals surface area contributed by atoms with Crippen LogP contribution in [0.25, 0.3) is 22.6 Å². The molecule has 154 valence electrons. The lowest BCUT2D eigenvalue weighted by molar-refractivity contribution is 0.427. The van der Waals surface area contributed by atoms with Crippen molar-refractivity contribution >= 4 is 11.6 Å². The molecular weight excluding hydrogens is 378 g/mol. The van der Waals surface area contributed by atoms with Crippen LogP contribution >= 0.6 is 0 Å². The number of benzene rings is 1. The number of hydrogen-bond donors (Lipinski definition) is 1. The Morgan fingerprint density at radius 3 is 2.60 bits per heavy atom. The van der Waals surface area contributed by atoms with Crippen molar-refractivity contribution < 1.29 is 8.94 Å². The molecule has 7 heteroatoms. The average molecular weight is 403 g/mol. The Morgan fingerprint density at radius 2 is 1.90 bits per heavy atom. The number of nitrogens with zero attached hydrogens (tertiary/aromatic N) is 4. The first-order chi connectivity index (χ1) is 14.6. The molecule has 0 saturated heterocycles. The van der Waals surface area contributed by atoms with Gasteiger partial charge >= 0.3 is 0 Å². The van der Waals surface area contributed by atoms with Crippen LogP contribution in [0.1, 0.15) is 17.9 Å². The Labute approximate surface area is 175 Å². The SMILES string of the molecule is Cc1cc(-c2cnc(NCCCN(C)c3ccccc3)nc2-c2ccoc2C)on1. The molecule has 1 aromatic carbocycles. The third-order valence-electron chi connectivity index (χ3n) is 4.95. The zero-order chi connectivity index (χ0) is 20.9. The second-order valence-electron chi connectivity index (χ2n) is 7.22. The zero-order valence-corrected chi connectivity index (χ0v) is 17.4. The van der Waals surface area contributed by atoms with Crippen LogP contribution in [0, 0.1) is 13.8 Å². The van der Waals surface area contributed by atoms with Gasteiger partial charge in [-0.15, -0.1) is 0 Å². The van der Waals surface area contributed by atoms with E-state index < -0.39 is 0 Å². The van der Waals surface area contributed by atoms with Crippen molar-refractivity contribution in [1.82, 2.24) is 15.1 Å². The Balaban J connectivity index is 1.47. The largest absolute Gasteiger partial charge is 0.469 e. The van der Waals surface area contributed by atoms with Crippen LogP contribution in [0.15, 0.2) is 63.9 Å². The highest BCUT2D eigenvalue weighted by atomic mass is 16.5. The van der Waals surface area contributed by atoms with Crippen molar-refractivity contribution in [3.8, 4) is 22.6 Å². The van der Waals surface area contributed by atoms with Crippen LogP contribution in [0.3, 0.4) is 0 Å². The van der Waals surface area contributed by atoms with Crippen LogP contribution in [-0.2, 0) is 0 Å². The molecule has 3 aromatic heterocycles. The quantitative estimate of drug-likeness (QED) is 0.417. The van der Waals surface area contributed by atoms with Crippen LogP contribution in [0.2, 0.25) is 0 Å². The first-order valence-electron chi connectivity index (χ1n) is 9.97. The molecule has 7 nitrogen and oxygen atoms in total. The van der Waals surface area contributed by atoms with E-state index in [1.807, 2.05) is 32.0 Å². The number of nitrogens with one attached hydrogen (secondary N) is 1. The maximum Gasteiger partial charge on any atom is 0.223 e. The molecule has 30 heavy (non-hydrogen) atoms. The van der Waals surface area contributed by atoms with Crippen LogP contribution in [0.5, 0.6) is 0 Å². The molecule has 0 aliphatic rings. The topological polar surface area (TPSA) is 80.2 Å². The summed E-state index contributed by atoms with van der Waals surface area (Å²) >= 11 is 0. The van der Waals surface area contributed by atoms with Gasteiger partial charge in [0.2, 0.25) is 5.95 Å². The van der Waals surface area contributed by atoms with Crippen molar-refractivity contribution in [2.45, 2.75) is 20.3 Å². The van der Waals surface area contributed by atoms with Gasteiger partial charge in [0.25, 0.3) is 0 Å². The number of aryl methyl sites for hydroxylation is 2. The highest BCUT2D eigenvalue weighted by molar-refractivity contribution is 5.79. The molecule has 0 aliphatic carbocycles. The van der Waals surface area contributed by atoms with Gasteiger partial charge in [-0.05, 0) is 38.5 Å². The first kappa shape index (κ1) is 19.7. The van der Waals surface area contributed by atoms with E-state index in [1.54, 1.807) is 12.5 Å². The molecule has 0 bridgehead atoms. The predicted octanol–water partition coefficient (Wildman–Crippen LogP) is 4.95. The number of rotatable bonds is 8. The van der Waals surface area contributed by atoms with Crippen molar-refractivity contribution in [2.24, 2.45) is 0 Å². The number of para-hydroxylation sites is 1. The van der Waals surface area contributed by atoms with Crippen molar-refractivity contribution in [1.29, 1.82) is 0 Å². The van der Waals surface area contributed by atoms with E-state index >= 15 is 0 Å². The fraction of sp³-hybridized carbons (Fsp3) is 0.261. The highest BCUT2D eigenvalue weighted by Crippen LogP contribution is 2.33. The van der Waals surface area contributed by atoms with Gasteiger partial charge in [-0.3, -0.25) is 0 Å².